The Kier molecular flexibility index (Phi) is 5.26. The van der Waals surface area contributed by atoms with Crippen LogP contribution in [0.3, 0.4) is 0 Å². The van der Waals surface area contributed by atoms with Gasteiger partial charge in [-0.1, -0.05) is 36.4 Å². The van der Waals surface area contributed by atoms with Gasteiger partial charge in [0.05, 0.1) is 35.6 Å². The number of nitrogens with two attached hydrogens (primary N) is 1. The number of hydroxylamine groups is 1. The van der Waals surface area contributed by atoms with Crippen molar-refractivity contribution in [2.45, 2.75) is 26.4 Å². The molecule has 0 bridgehead atoms. The Morgan fingerprint density at radius 2 is 2.03 bits per heavy atom. The number of fused-ring (bicyclic) bond motifs is 2. The first-order valence-corrected chi connectivity index (χ1v) is 10.4. The monoisotopic (exact) mass is 429 g/mol. The van der Waals surface area contributed by atoms with E-state index in [1.54, 1.807) is 16.6 Å². The molecule has 0 radical (unpaired) electrons. The van der Waals surface area contributed by atoms with E-state index < -0.39 is 5.91 Å². The Labute approximate surface area is 184 Å². The van der Waals surface area contributed by atoms with E-state index in [0.717, 1.165) is 33.7 Å². The van der Waals surface area contributed by atoms with Crippen molar-refractivity contribution in [2.75, 3.05) is 11.9 Å². The minimum atomic E-state index is -0.543. The molecular formula is C23H23N7O2. The summed E-state index contributed by atoms with van der Waals surface area (Å²) >= 11 is 0. The molecule has 1 aromatic carbocycles. The third kappa shape index (κ3) is 3.68. The zero-order chi connectivity index (χ0) is 22.1. The lowest BCUT2D eigenvalue weighted by Gasteiger charge is -2.14. The van der Waals surface area contributed by atoms with Crippen molar-refractivity contribution in [3.05, 3.63) is 76.7 Å². The fourth-order valence-electron chi connectivity index (χ4n) is 3.97. The molecule has 4 aromatic rings. The summed E-state index contributed by atoms with van der Waals surface area (Å²) in [5, 5.41) is 8.02. The normalized spacial score (nSPS) is 13.5. The van der Waals surface area contributed by atoms with Gasteiger partial charge in [-0.2, -0.15) is 10.6 Å². The molecule has 1 amide bonds. The van der Waals surface area contributed by atoms with Gasteiger partial charge in [0.25, 0.3) is 5.91 Å². The molecule has 4 N–H and O–H groups in total. The Hall–Kier alpha value is -3.82. The van der Waals surface area contributed by atoms with Gasteiger partial charge in [0.2, 0.25) is 0 Å². The second-order valence-corrected chi connectivity index (χ2v) is 7.61. The van der Waals surface area contributed by atoms with Crippen molar-refractivity contribution >= 4 is 17.2 Å². The number of rotatable bonds is 5. The van der Waals surface area contributed by atoms with Gasteiger partial charge >= 0.3 is 0 Å². The summed E-state index contributed by atoms with van der Waals surface area (Å²) in [5.74, 6) is 0.766. The Morgan fingerprint density at radius 1 is 1.19 bits per heavy atom. The summed E-state index contributed by atoms with van der Waals surface area (Å²) in [6, 6.07) is 15.5. The Balaban J connectivity index is 1.63. The van der Waals surface area contributed by atoms with Crippen molar-refractivity contribution < 1.29 is 9.63 Å². The smallest absolute Gasteiger partial charge is 0.267 e. The third-order valence-corrected chi connectivity index (χ3v) is 5.50. The van der Waals surface area contributed by atoms with Gasteiger partial charge in [0.15, 0.2) is 5.82 Å². The van der Waals surface area contributed by atoms with Crippen LogP contribution in [-0.4, -0.2) is 32.1 Å². The van der Waals surface area contributed by atoms with E-state index in [9.17, 15) is 4.79 Å². The van der Waals surface area contributed by atoms with Gasteiger partial charge in [-0.25, -0.2) is 14.5 Å². The summed E-state index contributed by atoms with van der Waals surface area (Å²) in [5.41, 5.74) is 14.1. The second-order valence-electron chi connectivity index (χ2n) is 7.61. The molecule has 5 rings (SSSR count). The van der Waals surface area contributed by atoms with E-state index in [2.05, 4.69) is 28.0 Å². The van der Waals surface area contributed by atoms with Crippen molar-refractivity contribution in [1.29, 1.82) is 0 Å². The van der Waals surface area contributed by atoms with Gasteiger partial charge < -0.3 is 15.9 Å². The molecular weight excluding hydrogens is 406 g/mol. The molecule has 0 saturated carbocycles. The van der Waals surface area contributed by atoms with Crippen LogP contribution in [0.5, 0.6) is 0 Å². The van der Waals surface area contributed by atoms with Crippen LogP contribution in [0.4, 0.5) is 5.82 Å². The first-order valence-electron chi connectivity index (χ1n) is 10.4. The SMILES string of the molecule is Cc1nn2c(C(N)=O)cccc2c1-c1nc2c(c(NCc3ccccc3)n1)CCONC2. The van der Waals surface area contributed by atoms with E-state index in [-0.39, 0.29) is 0 Å². The maximum Gasteiger partial charge on any atom is 0.267 e. The highest BCUT2D eigenvalue weighted by Gasteiger charge is 2.22. The molecule has 0 atom stereocenters. The molecule has 0 saturated heterocycles. The molecule has 3 aromatic heterocycles. The number of benzene rings is 1. The lowest BCUT2D eigenvalue weighted by atomic mass is 10.1. The van der Waals surface area contributed by atoms with Crippen molar-refractivity contribution in [3.63, 3.8) is 0 Å². The van der Waals surface area contributed by atoms with Crippen LogP contribution in [-0.2, 0) is 24.3 Å². The molecule has 32 heavy (non-hydrogen) atoms. The van der Waals surface area contributed by atoms with E-state index in [4.69, 9.17) is 20.5 Å². The zero-order valence-corrected chi connectivity index (χ0v) is 17.6. The minimum absolute atomic E-state index is 0.309. The Bertz CT molecular complexity index is 1300. The van der Waals surface area contributed by atoms with Crippen LogP contribution >= 0.6 is 0 Å². The molecule has 162 valence electrons. The molecule has 1 aliphatic rings. The standard InChI is InChI=1S/C23H23N7O2/c1-14-20(18-8-5-9-19(21(24)31)30(18)29-14)23-27-17-13-26-32-11-10-16(17)22(28-23)25-12-15-6-3-2-4-7-15/h2-9,26H,10-13H2,1H3,(H2,24,31)(H,25,27,28). The number of carbonyl (C=O) groups excluding carboxylic acids is 1. The highest BCUT2D eigenvalue weighted by atomic mass is 16.6. The average molecular weight is 429 g/mol. The van der Waals surface area contributed by atoms with Crippen LogP contribution in [0.1, 0.15) is 33.0 Å². The van der Waals surface area contributed by atoms with Gasteiger partial charge in [0, 0.05) is 18.5 Å². The molecule has 0 spiro atoms. The number of hydrogen-bond acceptors (Lipinski definition) is 7. The van der Waals surface area contributed by atoms with E-state index in [1.165, 1.54) is 0 Å². The van der Waals surface area contributed by atoms with Gasteiger partial charge in [-0.15, -0.1) is 0 Å². The van der Waals surface area contributed by atoms with Crippen molar-refractivity contribution in [3.8, 4) is 11.4 Å². The Morgan fingerprint density at radius 3 is 2.84 bits per heavy atom. The van der Waals surface area contributed by atoms with Crippen LogP contribution < -0.4 is 16.5 Å². The van der Waals surface area contributed by atoms with Crippen LogP contribution in [0.2, 0.25) is 0 Å². The lowest BCUT2D eigenvalue weighted by Crippen LogP contribution is -2.16. The number of aromatic nitrogens is 4. The summed E-state index contributed by atoms with van der Waals surface area (Å²) in [6.07, 6.45) is 0.694. The predicted octanol–water partition coefficient (Wildman–Crippen LogP) is 2.39. The molecule has 4 heterocycles. The summed E-state index contributed by atoms with van der Waals surface area (Å²) < 4.78 is 1.56. The highest BCUT2D eigenvalue weighted by molar-refractivity contribution is 5.93. The fourth-order valence-corrected chi connectivity index (χ4v) is 3.97. The second kappa shape index (κ2) is 8.37. The molecule has 9 heteroatoms. The number of anilines is 1. The highest BCUT2D eigenvalue weighted by Crippen LogP contribution is 2.30. The van der Waals surface area contributed by atoms with Crippen LogP contribution in [0, 0.1) is 6.92 Å². The van der Waals surface area contributed by atoms with Crippen LogP contribution in [0.25, 0.3) is 16.9 Å². The number of aryl methyl sites for hydroxylation is 1. The number of nitrogens with one attached hydrogen (secondary N) is 2. The van der Waals surface area contributed by atoms with Crippen LogP contribution in [0.15, 0.2) is 48.5 Å². The van der Waals surface area contributed by atoms with E-state index in [1.807, 2.05) is 31.2 Å². The maximum absolute atomic E-state index is 11.9. The van der Waals surface area contributed by atoms with Gasteiger partial charge in [-0.3, -0.25) is 4.79 Å². The largest absolute Gasteiger partial charge is 0.366 e. The van der Waals surface area contributed by atoms with Gasteiger partial charge in [0.1, 0.15) is 11.5 Å². The molecule has 0 fully saturated rings. The number of nitrogens with zero attached hydrogens (tertiary/aromatic N) is 4. The number of pyridine rings is 1. The van der Waals surface area contributed by atoms with Crippen molar-refractivity contribution in [2.24, 2.45) is 5.73 Å². The quantitative estimate of drug-likeness (QED) is 0.446. The first-order chi connectivity index (χ1) is 15.6. The maximum atomic E-state index is 11.9. The lowest BCUT2D eigenvalue weighted by molar-refractivity contribution is 0.0440. The number of hydrogen-bond donors (Lipinski definition) is 3. The third-order valence-electron chi connectivity index (χ3n) is 5.50. The summed E-state index contributed by atoms with van der Waals surface area (Å²) in [4.78, 5) is 27.1. The first kappa shape index (κ1) is 20.1. The topological polar surface area (TPSA) is 119 Å². The predicted molar refractivity (Wildman–Crippen MR) is 120 cm³/mol. The summed E-state index contributed by atoms with van der Waals surface area (Å²) in [6.45, 7) is 3.52. The molecule has 9 nitrogen and oxygen atoms in total. The fraction of sp³-hybridized carbons (Fsp3) is 0.217. The number of amides is 1. The van der Waals surface area contributed by atoms with Crippen molar-refractivity contribution in [1.82, 2.24) is 25.1 Å². The molecule has 0 unspecified atom stereocenters. The zero-order valence-electron chi connectivity index (χ0n) is 17.6. The van der Waals surface area contributed by atoms with E-state index >= 15 is 0 Å². The van der Waals surface area contributed by atoms with E-state index in [0.29, 0.717) is 43.3 Å². The minimum Gasteiger partial charge on any atom is -0.366 e. The number of primary amides is 1. The molecule has 1 aliphatic heterocycles. The molecule has 0 aliphatic carbocycles. The summed E-state index contributed by atoms with van der Waals surface area (Å²) in [7, 11) is 0. The van der Waals surface area contributed by atoms with Gasteiger partial charge in [-0.05, 0) is 24.6 Å². The number of carbonyl (C=O) groups is 1. The average Bonchev–Trinajstić information content (AvgIpc) is 2.96.